The van der Waals surface area contributed by atoms with Gasteiger partial charge in [-0.05, 0) is 31.2 Å². The van der Waals surface area contributed by atoms with Gasteiger partial charge in [-0.2, -0.15) is 0 Å². The molecule has 0 unspecified atom stereocenters. The van der Waals surface area contributed by atoms with Gasteiger partial charge in [0, 0.05) is 23.4 Å². The van der Waals surface area contributed by atoms with Crippen LogP contribution in [0.3, 0.4) is 0 Å². The summed E-state index contributed by atoms with van der Waals surface area (Å²) in [5, 5.41) is 3.31. The number of hydrogen-bond donors (Lipinski definition) is 1. The van der Waals surface area contributed by atoms with Crippen LogP contribution in [0.1, 0.15) is 11.8 Å². The summed E-state index contributed by atoms with van der Waals surface area (Å²) in [7, 11) is 0. The Balaban J connectivity index is 1.76. The van der Waals surface area contributed by atoms with E-state index in [1.807, 2.05) is 31.2 Å². The fourth-order valence-corrected chi connectivity index (χ4v) is 2.50. The minimum atomic E-state index is 0.569. The molecule has 0 atom stereocenters. The van der Waals surface area contributed by atoms with Crippen LogP contribution in [-0.2, 0) is 11.3 Å². The lowest BCUT2D eigenvalue weighted by atomic mass is 10.3. The Kier molecular flexibility index (Phi) is 6.11. The van der Waals surface area contributed by atoms with Crippen molar-refractivity contribution >= 4 is 28.6 Å². The average Bonchev–Trinajstić information content (AvgIpc) is 2.88. The highest BCUT2D eigenvalue weighted by Gasteiger charge is 2.00. The number of anilines is 1. The molecule has 0 fully saturated rings. The zero-order valence-corrected chi connectivity index (χ0v) is 12.8. The first-order valence-corrected chi connectivity index (χ1v) is 7.62. The molecule has 4 nitrogen and oxygen atoms in total. The van der Waals surface area contributed by atoms with Crippen LogP contribution in [0.2, 0.25) is 4.47 Å². The zero-order chi connectivity index (χ0) is 14.2. The summed E-state index contributed by atoms with van der Waals surface area (Å²) in [6.45, 7) is 4.59. The van der Waals surface area contributed by atoms with Crippen molar-refractivity contribution in [1.29, 1.82) is 0 Å². The van der Waals surface area contributed by atoms with E-state index in [0.717, 1.165) is 22.9 Å². The van der Waals surface area contributed by atoms with Crippen LogP contribution in [0.15, 0.2) is 30.5 Å². The van der Waals surface area contributed by atoms with Gasteiger partial charge in [-0.1, -0.05) is 11.6 Å². The Bertz CT molecular complexity index is 516. The lowest BCUT2D eigenvalue weighted by Crippen LogP contribution is -2.06. The molecule has 6 heteroatoms. The van der Waals surface area contributed by atoms with E-state index in [1.165, 1.54) is 11.3 Å². The maximum absolute atomic E-state index is 5.79. The van der Waals surface area contributed by atoms with E-state index in [4.69, 9.17) is 21.1 Å². The molecule has 0 aliphatic rings. The summed E-state index contributed by atoms with van der Waals surface area (Å²) in [5.41, 5.74) is 1.03. The third-order valence-electron chi connectivity index (χ3n) is 2.55. The van der Waals surface area contributed by atoms with Crippen LogP contribution >= 0.6 is 22.9 Å². The van der Waals surface area contributed by atoms with Crippen molar-refractivity contribution in [3.05, 3.63) is 39.8 Å². The van der Waals surface area contributed by atoms with Crippen molar-refractivity contribution < 1.29 is 9.47 Å². The molecule has 0 bridgehead atoms. The molecule has 20 heavy (non-hydrogen) atoms. The molecule has 2 rings (SSSR count). The second-order valence-electron chi connectivity index (χ2n) is 4.00. The average molecular weight is 313 g/mol. The van der Waals surface area contributed by atoms with Gasteiger partial charge in [0.05, 0.1) is 13.2 Å². The highest BCUT2D eigenvalue weighted by atomic mass is 35.5. The van der Waals surface area contributed by atoms with Crippen LogP contribution in [0.5, 0.6) is 5.75 Å². The second-order valence-corrected chi connectivity index (χ2v) is 5.70. The fourth-order valence-electron chi connectivity index (χ4n) is 1.59. The Morgan fingerprint density at radius 3 is 2.70 bits per heavy atom. The molecule has 0 saturated heterocycles. The van der Waals surface area contributed by atoms with E-state index in [-0.39, 0.29) is 0 Å². The van der Waals surface area contributed by atoms with Crippen molar-refractivity contribution in [2.45, 2.75) is 13.5 Å². The van der Waals surface area contributed by atoms with E-state index < -0.39 is 0 Å². The molecule has 1 N–H and O–H groups in total. The van der Waals surface area contributed by atoms with Gasteiger partial charge in [-0.25, -0.2) is 4.98 Å². The smallest absolute Gasteiger partial charge is 0.183 e. The predicted molar refractivity (Wildman–Crippen MR) is 82.9 cm³/mol. The summed E-state index contributed by atoms with van der Waals surface area (Å²) in [5.74, 6) is 0.844. The van der Waals surface area contributed by atoms with Crippen LogP contribution in [0.25, 0.3) is 0 Å². The summed E-state index contributed by atoms with van der Waals surface area (Å²) >= 11 is 7.27. The number of thiazole rings is 1. The summed E-state index contributed by atoms with van der Waals surface area (Å²) < 4.78 is 11.3. The minimum absolute atomic E-state index is 0.569. The first kappa shape index (κ1) is 15.1. The van der Waals surface area contributed by atoms with E-state index in [9.17, 15) is 0 Å². The third-order valence-corrected chi connectivity index (χ3v) is 3.66. The Morgan fingerprint density at radius 1 is 1.25 bits per heavy atom. The standard InChI is InChI=1S/C14H17ClN2O2S/c1-2-18-7-8-19-12-5-3-11(4-6-12)16-9-13-10-17-14(15)20-13/h3-6,10,16H,2,7-9H2,1H3. The number of rotatable bonds is 8. The molecule has 0 spiro atoms. The number of ether oxygens (including phenoxy) is 2. The molecule has 1 aromatic heterocycles. The van der Waals surface area contributed by atoms with Crippen molar-refractivity contribution in [1.82, 2.24) is 4.98 Å². The Hall–Kier alpha value is -1.30. The molecule has 1 heterocycles. The van der Waals surface area contributed by atoms with Crippen LogP contribution in [0.4, 0.5) is 5.69 Å². The van der Waals surface area contributed by atoms with Gasteiger partial charge in [0.15, 0.2) is 4.47 Å². The van der Waals surface area contributed by atoms with Crippen molar-refractivity contribution in [2.24, 2.45) is 0 Å². The monoisotopic (exact) mass is 312 g/mol. The summed E-state index contributed by atoms with van der Waals surface area (Å²) in [6.07, 6.45) is 1.78. The highest BCUT2D eigenvalue weighted by Crippen LogP contribution is 2.20. The number of nitrogens with one attached hydrogen (secondary N) is 1. The number of nitrogens with zero attached hydrogens (tertiary/aromatic N) is 1. The highest BCUT2D eigenvalue weighted by molar-refractivity contribution is 7.15. The molecular weight excluding hydrogens is 296 g/mol. The second kappa shape index (κ2) is 8.09. The maximum atomic E-state index is 5.79. The largest absolute Gasteiger partial charge is 0.491 e. The predicted octanol–water partition coefficient (Wildman–Crippen LogP) is 3.82. The van der Waals surface area contributed by atoms with E-state index in [1.54, 1.807) is 6.20 Å². The topological polar surface area (TPSA) is 43.4 Å². The zero-order valence-electron chi connectivity index (χ0n) is 11.3. The third kappa shape index (κ3) is 5.00. The molecule has 0 saturated carbocycles. The lowest BCUT2D eigenvalue weighted by Gasteiger charge is -2.08. The molecule has 0 aliphatic heterocycles. The Morgan fingerprint density at radius 2 is 2.05 bits per heavy atom. The molecular formula is C14H17ClN2O2S. The molecule has 0 amide bonds. The lowest BCUT2D eigenvalue weighted by molar-refractivity contribution is 0.110. The number of halogens is 1. The van der Waals surface area contributed by atoms with Gasteiger partial charge in [-0.15, -0.1) is 11.3 Å². The molecule has 108 valence electrons. The van der Waals surface area contributed by atoms with Crippen molar-refractivity contribution in [3.8, 4) is 5.75 Å². The van der Waals surface area contributed by atoms with Gasteiger partial charge < -0.3 is 14.8 Å². The first-order valence-electron chi connectivity index (χ1n) is 6.42. The van der Waals surface area contributed by atoms with Gasteiger partial charge >= 0.3 is 0 Å². The van der Waals surface area contributed by atoms with Gasteiger partial charge in [0.2, 0.25) is 0 Å². The van der Waals surface area contributed by atoms with E-state index in [2.05, 4.69) is 10.3 Å². The van der Waals surface area contributed by atoms with Crippen LogP contribution in [-0.4, -0.2) is 24.8 Å². The maximum Gasteiger partial charge on any atom is 0.183 e. The Labute approximate surface area is 127 Å². The normalized spacial score (nSPS) is 10.5. The van der Waals surface area contributed by atoms with Gasteiger partial charge in [-0.3, -0.25) is 0 Å². The van der Waals surface area contributed by atoms with E-state index in [0.29, 0.717) is 24.3 Å². The number of benzene rings is 1. The van der Waals surface area contributed by atoms with Crippen molar-refractivity contribution in [2.75, 3.05) is 25.1 Å². The molecule has 0 radical (unpaired) electrons. The van der Waals surface area contributed by atoms with E-state index >= 15 is 0 Å². The van der Waals surface area contributed by atoms with Crippen LogP contribution < -0.4 is 10.1 Å². The SMILES string of the molecule is CCOCCOc1ccc(NCc2cnc(Cl)s2)cc1. The summed E-state index contributed by atoms with van der Waals surface area (Å²) in [4.78, 5) is 5.11. The quantitative estimate of drug-likeness (QED) is 0.752. The first-order chi connectivity index (χ1) is 9.78. The fraction of sp³-hybridized carbons (Fsp3) is 0.357. The van der Waals surface area contributed by atoms with Crippen LogP contribution in [0, 0.1) is 0 Å². The minimum Gasteiger partial charge on any atom is -0.491 e. The van der Waals surface area contributed by atoms with Gasteiger partial charge in [0.1, 0.15) is 12.4 Å². The number of hydrogen-bond acceptors (Lipinski definition) is 5. The number of aromatic nitrogens is 1. The van der Waals surface area contributed by atoms with Gasteiger partial charge in [0.25, 0.3) is 0 Å². The molecule has 2 aromatic rings. The molecule has 1 aromatic carbocycles. The summed E-state index contributed by atoms with van der Waals surface area (Å²) in [6, 6.07) is 7.85. The molecule has 0 aliphatic carbocycles. The van der Waals surface area contributed by atoms with Crippen molar-refractivity contribution in [3.63, 3.8) is 0 Å².